The maximum Gasteiger partial charge on any atom is 0.248 e. The molecule has 1 aliphatic carbocycles. The number of anilines is 1. The van der Waals surface area contributed by atoms with Gasteiger partial charge in [-0.25, -0.2) is 0 Å². The summed E-state index contributed by atoms with van der Waals surface area (Å²) < 4.78 is 6.31. The van der Waals surface area contributed by atoms with Crippen LogP contribution in [0, 0.1) is 30.6 Å². The van der Waals surface area contributed by atoms with Gasteiger partial charge in [-0.1, -0.05) is 62.8 Å². The fourth-order valence-corrected chi connectivity index (χ4v) is 5.82. The van der Waals surface area contributed by atoms with Crippen molar-refractivity contribution < 1.29 is 14.6 Å². The number of primary amides is 1. The molecule has 0 aromatic heterocycles. The molecule has 2 aliphatic rings. The summed E-state index contributed by atoms with van der Waals surface area (Å²) >= 11 is 4.40. The Kier molecular flexibility index (Phi) is 16.0. The van der Waals surface area contributed by atoms with Crippen LogP contribution in [0.2, 0.25) is 0 Å². The summed E-state index contributed by atoms with van der Waals surface area (Å²) in [5.41, 5.74) is 9.96. The molecule has 3 N–H and O–H groups in total. The maximum atomic E-state index is 12.0. The third-order valence-electron chi connectivity index (χ3n) is 8.18. The third kappa shape index (κ3) is 11.1. The highest BCUT2D eigenvalue weighted by molar-refractivity contribution is 7.80. The molecule has 4 atom stereocenters. The lowest BCUT2D eigenvalue weighted by Crippen LogP contribution is -2.40. The van der Waals surface area contributed by atoms with Crippen molar-refractivity contribution in [3.63, 3.8) is 0 Å². The molecule has 0 saturated heterocycles. The van der Waals surface area contributed by atoms with Gasteiger partial charge in [0.05, 0.1) is 12.3 Å². The van der Waals surface area contributed by atoms with Crippen LogP contribution >= 0.6 is 12.6 Å². The lowest BCUT2D eigenvalue weighted by molar-refractivity contribution is 0.1000. The van der Waals surface area contributed by atoms with Gasteiger partial charge in [0.15, 0.2) is 0 Å². The van der Waals surface area contributed by atoms with E-state index in [1.807, 2.05) is 26.0 Å². The molecular formula is C35H54N2O3S. The minimum atomic E-state index is -0.385. The monoisotopic (exact) mass is 582 g/mol. The van der Waals surface area contributed by atoms with Gasteiger partial charge < -0.3 is 20.5 Å². The first-order chi connectivity index (χ1) is 19.9. The van der Waals surface area contributed by atoms with Crippen molar-refractivity contribution in [3.05, 3.63) is 71.3 Å². The van der Waals surface area contributed by atoms with E-state index in [1.165, 1.54) is 24.0 Å². The number of fused-ring (bicyclic) bond motifs is 1. The number of aryl methyl sites for hydroxylation is 2. The molecule has 0 radical (unpaired) electrons. The molecule has 2 aromatic carbocycles. The predicted octanol–water partition coefficient (Wildman–Crippen LogP) is 7.50. The fraction of sp³-hybridized carbons (Fsp3) is 0.571. The number of hydrogen-bond acceptors (Lipinski definition) is 5. The smallest absolute Gasteiger partial charge is 0.248 e. The van der Waals surface area contributed by atoms with Crippen LogP contribution in [0.25, 0.3) is 0 Å². The highest BCUT2D eigenvalue weighted by atomic mass is 32.1. The number of aliphatic hydroxyl groups is 1. The van der Waals surface area contributed by atoms with Crippen molar-refractivity contribution in [2.24, 2.45) is 29.4 Å². The van der Waals surface area contributed by atoms with Gasteiger partial charge in [-0.3, -0.25) is 4.79 Å². The van der Waals surface area contributed by atoms with Crippen LogP contribution in [0.5, 0.6) is 5.75 Å². The van der Waals surface area contributed by atoms with Crippen LogP contribution < -0.4 is 15.4 Å². The number of hydrogen-bond donors (Lipinski definition) is 3. The summed E-state index contributed by atoms with van der Waals surface area (Å²) in [4.78, 5) is 14.4. The van der Waals surface area contributed by atoms with E-state index in [9.17, 15) is 4.79 Å². The fourth-order valence-electron chi connectivity index (χ4n) is 5.67. The van der Waals surface area contributed by atoms with E-state index >= 15 is 0 Å². The largest absolute Gasteiger partial charge is 0.491 e. The van der Waals surface area contributed by atoms with Gasteiger partial charge >= 0.3 is 0 Å². The molecule has 41 heavy (non-hydrogen) atoms. The number of nitrogens with zero attached hydrogens (tertiary/aromatic N) is 1. The van der Waals surface area contributed by atoms with Crippen LogP contribution in [0.3, 0.4) is 0 Å². The highest BCUT2D eigenvalue weighted by Gasteiger charge is 2.33. The SMILES string of the molecule is CC.CO.Cc1cccc(CCCC2COc3ccc(C(N)=O)cc3N(C[C@@H]3CC[C@H]3C/C=C/C[C@H](C)CS)C2)c1. The van der Waals surface area contributed by atoms with E-state index < -0.39 is 0 Å². The number of allylic oxidation sites excluding steroid dienone is 2. The molecule has 6 heteroatoms. The third-order valence-corrected chi connectivity index (χ3v) is 8.81. The van der Waals surface area contributed by atoms with Crippen molar-refractivity contribution in [3.8, 4) is 5.75 Å². The number of ether oxygens (including phenoxy) is 1. The Morgan fingerprint density at radius 1 is 1.15 bits per heavy atom. The molecule has 1 unspecified atom stereocenters. The number of rotatable bonds is 12. The predicted molar refractivity (Wildman–Crippen MR) is 177 cm³/mol. The first-order valence-electron chi connectivity index (χ1n) is 15.5. The molecule has 5 nitrogen and oxygen atoms in total. The lowest BCUT2D eigenvalue weighted by atomic mass is 9.71. The van der Waals surface area contributed by atoms with E-state index in [2.05, 4.69) is 67.8 Å². The molecule has 228 valence electrons. The minimum Gasteiger partial charge on any atom is -0.491 e. The Bertz CT molecular complexity index is 1070. The van der Waals surface area contributed by atoms with E-state index in [-0.39, 0.29) is 5.91 Å². The number of thiol groups is 1. The normalized spacial score (nSPS) is 20.3. The zero-order valence-corrected chi connectivity index (χ0v) is 26.9. The molecule has 1 amide bonds. The van der Waals surface area contributed by atoms with Crippen molar-refractivity contribution in [1.29, 1.82) is 0 Å². The Balaban J connectivity index is 0.00000141. The molecule has 1 fully saturated rings. The molecule has 2 aromatic rings. The summed E-state index contributed by atoms with van der Waals surface area (Å²) in [5.74, 6) is 3.92. The Labute approximate surface area is 255 Å². The molecule has 1 saturated carbocycles. The zero-order chi connectivity index (χ0) is 30.2. The summed E-state index contributed by atoms with van der Waals surface area (Å²) in [7, 11) is 1.00. The Morgan fingerprint density at radius 3 is 2.56 bits per heavy atom. The zero-order valence-electron chi connectivity index (χ0n) is 26.0. The Morgan fingerprint density at radius 2 is 1.90 bits per heavy atom. The van der Waals surface area contributed by atoms with E-state index in [0.717, 1.165) is 75.4 Å². The number of carbonyl (C=O) groups is 1. The standard InChI is InChI=1S/C32H44N2O2S.C2H6.CH4O/c1-23-8-5-9-25(17-23)10-6-11-26-19-34(30-18-28(32(33)35)15-16-31(30)36-21-26)20-29-14-13-27(29)12-4-3-7-24(2)22-37;2*1-2/h3-5,8-9,15-18,24,26-27,29,37H,6-7,10-14,19-22H2,1-2H3,(H2,33,35);1-2H3;2H,1H3/b4-3+;;/t24-,26?,27+,29-;;/m0../s1. The second-order valence-corrected chi connectivity index (χ2v) is 11.7. The van der Waals surface area contributed by atoms with Crippen LogP contribution in [-0.4, -0.2) is 43.6 Å². The average molecular weight is 583 g/mol. The van der Waals surface area contributed by atoms with E-state index in [1.54, 1.807) is 6.07 Å². The maximum absolute atomic E-state index is 12.0. The second kappa shape index (κ2) is 18.9. The molecule has 0 bridgehead atoms. The van der Waals surface area contributed by atoms with Crippen LogP contribution in [0.15, 0.2) is 54.6 Å². The van der Waals surface area contributed by atoms with E-state index in [4.69, 9.17) is 15.6 Å². The van der Waals surface area contributed by atoms with Gasteiger partial charge in [0.25, 0.3) is 0 Å². The average Bonchev–Trinajstić information content (AvgIpc) is 3.15. The quantitative estimate of drug-likeness (QED) is 0.179. The van der Waals surface area contributed by atoms with Crippen LogP contribution in [0.4, 0.5) is 5.69 Å². The minimum absolute atomic E-state index is 0.385. The van der Waals surface area contributed by atoms with Gasteiger partial charge in [0.1, 0.15) is 5.75 Å². The molecule has 1 heterocycles. The number of aliphatic hydroxyl groups excluding tert-OH is 1. The molecular weight excluding hydrogens is 528 g/mol. The van der Waals surface area contributed by atoms with Gasteiger partial charge in [-0.05, 0) is 99.1 Å². The summed E-state index contributed by atoms with van der Waals surface area (Å²) in [6, 6.07) is 14.5. The van der Waals surface area contributed by atoms with Gasteiger partial charge in [0.2, 0.25) is 5.91 Å². The van der Waals surface area contributed by atoms with Gasteiger partial charge in [-0.2, -0.15) is 12.6 Å². The van der Waals surface area contributed by atoms with Crippen molar-refractivity contribution in [2.75, 3.05) is 37.5 Å². The summed E-state index contributed by atoms with van der Waals surface area (Å²) in [5, 5.41) is 7.00. The second-order valence-electron chi connectivity index (χ2n) is 11.3. The van der Waals surface area contributed by atoms with Crippen molar-refractivity contribution in [1.82, 2.24) is 0 Å². The Hall–Kier alpha value is -2.44. The van der Waals surface area contributed by atoms with Crippen molar-refractivity contribution >= 4 is 24.2 Å². The topological polar surface area (TPSA) is 75.8 Å². The summed E-state index contributed by atoms with van der Waals surface area (Å²) in [6.45, 7) is 11.1. The number of nitrogens with two attached hydrogens (primary N) is 1. The highest BCUT2D eigenvalue weighted by Crippen LogP contribution is 2.41. The molecule has 1 aliphatic heterocycles. The lowest BCUT2D eigenvalue weighted by Gasteiger charge is -2.41. The first kappa shape index (κ1) is 34.8. The van der Waals surface area contributed by atoms with Gasteiger partial charge in [-0.15, -0.1) is 0 Å². The molecule has 0 spiro atoms. The van der Waals surface area contributed by atoms with Gasteiger partial charge in [0, 0.05) is 31.7 Å². The number of carbonyl (C=O) groups excluding carboxylic acids is 1. The van der Waals surface area contributed by atoms with Crippen LogP contribution in [0.1, 0.15) is 80.8 Å². The van der Waals surface area contributed by atoms with E-state index in [0.29, 0.717) is 29.9 Å². The van der Waals surface area contributed by atoms with Crippen LogP contribution in [-0.2, 0) is 6.42 Å². The summed E-state index contributed by atoms with van der Waals surface area (Å²) in [6.07, 6.45) is 12.9. The number of benzene rings is 2. The number of amides is 1. The van der Waals surface area contributed by atoms with Crippen molar-refractivity contribution in [2.45, 2.75) is 72.6 Å². The first-order valence-corrected chi connectivity index (χ1v) is 16.1. The molecule has 4 rings (SSSR count).